The summed E-state index contributed by atoms with van der Waals surface area (Å²) >= 11 is 2.47. The lowest BCUT2D eigenvalue weighted by molar-refractivity contribution is -0.663. The molecule has 190 valence electrons. The molecule has 1 fully saturated rings. The monoisotopic (exact) mass is 541 g/mol. The number of hydrogen-bond donors (Lipinski definition) is 4. The first-order valence-corrected chi connectivity index (χ1v) is 12.9. The Kier molecular flexibility index (Phi) is 6.43. The van der Waals surface area contributed by atoms with E-state index in [1.807, 2.05) is 10.6 Å². The topological polar surface area (TPSA) is 171 Å². The quantitative estimate of drug-likeness (QED) is 0.145. The Morgan fingerprint density at radius 3 is 2.86 bits per heavy atom. The summed E-state index contributed by atoms with van der Waals surface area (Å²) in [5.41, 5.74) is 6.86. The van der Waals surface area contributed by atoms with E-state index in [9.17, 15) is 24.6 Å². The highest BCUT2D eigenvalue weighted by Gasteiger charge is 2.54. The van der Waals surface area contributed by atoms with Crippen molar-refractivity contribution in [2.24, 2.45) is 5.16 Å². The number of carbonyl (C=O) groups is 3. The van der Waals surface area contributed by atoms with Gasteiger partial charge in [-0.1, -0.05) is 11.2 Å². The molecule has 0 bridgehead atoms. The van der Waals surface area contributed by atoms with E-state index in [0.717, 1.165) is 16.9 Å². The molecule has 0 radical (unpaired) electrons. The third-order valence-electron chi connectivity index (χ3n) is 5.96. The number of benzene rings is 1. The van der Waals surface area contributed by atoms with Crippen molar-refractivity contribution < 1.29 is 34.0 Å². The van der Waals surface area contributed by atoms with Crippen LogP contribution >= 0.6 is 23.1 Å². The van der Waals surface area contributed by atoms with Crippen LogP contribution in [0.25, 0.3) is 10.9 Å². The normalized spacial score (nSPS) is 19.4. The third-order valence-corrected chi connectivity index (χ3v) is 7.97. The fraction of sp³-hybridized carbons (Fsp3) is 0.217. The average molecular weight is 542 g/mol. The molecule has 14 heteroatoms. The van der Waals surface area contributed by atoms with Crippen LogP contribution in [0.15, 0.2) is 58.3 Å². The van der Waals surface area contributed by atoms with Gasteiger partial charge in [0, 0.05) is 28.8 Å². The molecule has 5 rings (SSSR count). The molecule has 0 spiro atoms. The largest absolute Gasteiger partial charge is 0.507 e. The number of aromatic hydroxyl groups is 1. The van der Waals surface area contributed by atoms with E-state index in [-0.39, 0.29) is 34.5 Å². The van der Waals surface area contributed by atoms with Crippen molar-refractivity contribution in [3.8, 4) is 5.75 Å². The highest BCUT2D eigenvalue weighted by Crippen LogP contribution is 2.40. The zero-order chi connectivity index (χ0) is 26.3. The maximum Gasteiger partial charge on any atom is 0.352 e. The van der Waals surface area contributed by atoms with Crippen molar-refractivity contribution in [3.63, 3.8) is 0 Å². The molecule has 1 saturated heterocycles. The molecule has 2 aliphatic heterocycles. The number of hydrogen-bond acceptors (Lipinski definition) is 10. The summed E-state index contributed by atoms with van der Waals surface area (Å²) in [6, 6.07) is 7.69. The van der Waals surface area contributed by atoms with Gasteiger partial charge < -0.3 is 26.1 Å². The van der Waals surface area contributed by atoms with Crippen LogP contribution in [-0.4, -0.2) is 67.9 Å². The number of pyridine rings is 1. The van der Waals surface area contributed by atoms with Crippen molar-refractivity contribution >= 4 is 62.6 Å². The van der Waals surface area contributed by atoms with Gasteiger partial charge in [-0.2, -0.15) is 4.57 Å². The molecule has 2 aromatic heterocycles. The SMILES string of the molecule is CON=C(C(=O)NC1C(=O)N2C(C(=O)O)=C(C[n+]3cccc4c(O)cccc43)CS[C@@H]12)c1csc(N)n1. The molecule has 2 amide bonds. The number of rotatable bonds is 7. The summed E-state index contributed by atoms with van der Waals surface area (Å²) in [6.07, 6.45) is 1.79. The van der Waals surface area contributed by atoms with Crippen LogP contribution in [0.4, 0.5) is 5.13 Å². The fourth-order valence-corrected chi connectivity index (χ4v) is 6.22. The molecule has 37 heavy (non-hydrogen) atoms. The number of β-lactam (4-membered cyclic amide) rings is 1. The Labute approximate surface area is 218 Å². The maximum absolute atomic E-state index is 13.1. The van der Waals surface area contributed by atoms with Gasteiger partial charge in [0.1, 0.15) is 35.7 Å². The second-order valence-corrected chi connectivity index (χ2v) is 10.2. The summed E-state index contributed by atoms with van der Waals surface area (Å²) in [5.74, 6) is -2.03. The summed E-state index contributed by atoms with van der Waals surface area (Å²) in [7, 11) is 1.27. The van der Waals surface area contributed by atoms with E-state index >= 15 is 0 Å². The molecule has 5 N–H and O–H groups in total. The molecule has 2 aliphatic rings. The van der Waals surface area contributed by atoms with Crippen LogP contribution in [0.3, 0.4) is 0 Å². The van der Waals surface area contributed by atoms with Gasteiger partial charge in [0.05, 0.1) is 5.39 Å². The smallest absolute Gasteiger partial charge is 0.352 e. The minimum Gasteiger partial charge on any atom is -0.507 e. The number of carboxylic acids is 1. The van der Waals surface area contributed by atoms with E-state index in [2.05, 4.69) is 15.5 Å². The number of thiazole rings is 1. The van der Waals surface area contributed by atoms with Crippen molar-refractivity contribution in [1.82, 2.24) is 15.2 Å². The van der Waals surface area contributed by atoms with Crippen molar-refractivity contribution in [3.05, 3.63) is 58.9 Å². The predicted octanol–water partition coefficient (Wildman–Crippen LogP) is 0.661. The molecule has 1 unspecified atom stereocenters. The number of phenolic OH excluding ortho intramolecular Hbond substituents is 1. The van der Waals surface area contributed by atoms with Gasteiger partial charge in [0.25, 0.3) is 11.8 Å². The number of carboxylic acid groups (broad SMARTS) is 1. The second kappa shape index (κ2) is 9.71. The van der Waals surface area contributed by atoms with Gasteiger partial charge in [-0.15, -0.1) is 23.1 Å². The van der Waals surface area contributed by atoms with Gasteiger partial charge in [-0.05, 0) is 12.1 Å². The molecule has 0 saturated carbocycles. The first kappa shape index (κ1) is 24.5. The van der Waals surface area contributed by atoms with Crippen LogP contribution in [0, 0.1) is 0 Å². The number of anilines is 1. The van der Waals surface area contributed by atoms with Gasteiger partial charge >= 0.3 is 5.97 Å². The summed E-state index contributed by atoms with van der Waals surface area (Å²) in [4.78, 5) is 48.3. The fourth-order valence-electron chi connectivity index (χ4n) is 4.34. The number of aliphatic carboxylic acids is 1. The predicted molar refractivity (Wildman–Crippen MR) is 136 cm³/mol. The van der Waals surface area contributed by atoms with Crippen molar-refractivity contribution in [1.29, 1.82) is 0 Å². The molecule has 0 aliphatic carbocycles. The van der Waals surface area contributed by atoms with Crippen LogP contribution in [0.2, 0.25) is 0 Å². The lowest BCUT2D eigenvalue weighted by Crippen LogP contribution is -2.71. The van der Waals surface area contributed by atoms with Crippen LogP contribution in [-0.2, 0) is 25.8 Å². The second-order valence-electron chi connectivity index (χ2n) is 8.16. The van der Waals surface area contributed by atoms with Crippen LogP contribution in [0.1, 0.15) is 5.69 Å². The Morgan fingerprint density at radius 1 is 1.35 bits per heavy atom. The molecular weight excluding hydrogens is 520 g/mol. The van der Waals surface area contributed by atoms with Gasteiger partial charge in [0.15, 0.2) is 23.6 Å². The summed E-state index contributed by atoms with van der Waals surface area (Å²) in [5, 5.41) is 28.3. The van der Waals surface area contributed by atoms with E-state index in [1.165, 1.54) is 23.8 Å². The lowest BCUT2D eigenvalue weighted by atomic mass is 10.0. The molecule has 12 nitrogen and oxygen atoms in total. The molecular formula is C23H21N6O6S2+. The van der Waals surface area contributed by atoms with E-state index in [0.29, 0.717) is 16.7 Å². The number of amides is 2. The molecule has 4 heterocycles. The number of oxime groups is 1. The number of nitrogens with one attached hydrogen (secondary N) is 1. The zero-order valence-corrected chi connectivity index (χ0v) is 21.0. The lowest BCUT2D eigenvalue weighted by Gasteiger charge is -2.49. The number of nitrogens with two attached hydrogens (primary N) is 1. The molecule has 1 aromatic carbocycles. The maximum atomic E-state index is 13.1. The van der Waals surface area contributed by atoms with Gasteiger partial charge in [-0.3, -0.25) is 14.5 Å². The molecule has 3 aromatic rings. The number of nitrogens with zero attached hydrogens (tertiary/aromatic N) is 4. The Morgan fingerprint density at radius 2 is 2.16 bits per heavy atom. The number of nitrogen functional groups attached to an aromatic ring is 1. The van der Waals surface area contributed by atoms with Crippen LogP contribution < -0.4 is 15.6 Å². The Balaban J connectivity index is 1.39. The summed E-state index contributed by atoms with van der Waals surface area (Å²) in [6.45, 7) is 0.207. The van der Waals surface area contributed by atoms with Crippen molar-refractivity contribution in [2.75, 3.05) is 18.6 Å². The number of carbonyl (C=O) groups excluding carboxylic acids is 2. The number of aromatic nitrogens is 2. The average Bonchev–Trinajstić information content (AvgIpc) is 3.31. The minimum absolute atomic E-state index is 0.109. The van der Waals surface area contributed by atoms with Crippen molar-refractivity contribution in [2.45, 2.75) is 18.0 Å². The van der Waals surface area contributed by atoms with E-state index < -0.39 is 29.2 Å². The minimum atomic E-state index is -1.23. The Bertz CT molecular complexity index is 1500. The third kappa shape index (κ3) is 4.34. The highest BCUT2D eigenvalue weighted by atomic mass is 32.2. The number of thioether (sulfide) groups is 1. The zero-order valence-electron chi connectivity index (χ0n) is 19.3. The number of phenols is 1. The standard InChI is InChI=1S/C23H20N6O6S2/c1-35-27-16(13-10-37-23(24)25-13)19(31)26-17-20(32)29-18(22(33)34)11(9-36-21(17)29)8-28-7-3-4-12-14(28)5-2-6-15(12)30/h2-7,10,17,21H,8-9H2,1H3,(H4,24,25,26,31,33,34)/p+1/t17?,21-/m0/s1. The Hall–Kier alpha value is -4.17. The highest BCUT2D eigenvalue weighted by molar-refractivity contribution is 8.00. The van der Waals surface area contributed by atoms with Gasteiger partial charge in [0.2, 0.25) is 5.52 Å². The number of fused-ring (bicyclic) bond motifs is 2. The first-order chi connectivity index (χ1) is 17.8. The first-order valence-electron chi connectivity index (χ1n) is 10.9. The summed E-state index contributed by atoms with van der Waals surface area (Å²) < 4.78 is 1.82. The van der Waals surface area contributed by atoms with E-state index in [1.54, 1.807) is 35.8 Å². The molecule has 2 atom stereocenters. The van der Waals surface area contributed by atoms with Gasteiger partial charge in [-0.25, -0.2) is 9.78 Å². The van der Waals surface area contributed by atoms with Crippen LogP contribution in [0.5, 0.6) is 5.75 Å². The van der Waals surface area contributed by atoms with E-state index in [4.69, 9.17) is 10.6 Å².